The Balaban J connectivity index is 2.39. The van der Waals surface area contributed by atoms with E-state index in [1.807, 2.05) is 24.3 Å². The van der Waals surface area contributed by atoms with Gasteiger partial charge in [-0.15, -0.1) is 11.6 Å². The standard InChI is InChI=1S/C14H19ClN2O2/c1-10(2)12-5-3-11(4-6-12)9-16-14(19)17-13(18)7-8-15/h3-6,10H,7-9H2,1-2H3,(H2,16,17,18,19). The van der Waals surface area contributed by atoms with E-state index < -0.39 is 6.03 Å². The second kappa shape index (κ2) is 7.79. The fourth-order valence-electron chi connectivity index (χ4n) is 1.52. The second-order valence-electron chi connectivity index (χ2n) is 4.57. The molecule has 0 bridgehead atoms. The summed E-state index contributed by atoms with van der Waals surface area (Å²) in [5.74, 6) is 0.316. The predicted molar refractivity (Wildman–Crippen MR) is 76.2 cm³/mol. The highest BCUT2D eigenvalue weighted by Crippen LogP contribution is 2.14. The van der Waals surface area contributed by atoms with Gasteiger partial charge in [0.15, 0.2) is 0 Å². The molecule has 0 saturated carbocycles. The summed E-state index contributed by atoms with van der Waals surface area (Å²) < 4.78 is 0. The van der Waals surface area contributed by atoms with E-state index in [4.69, 9.17) is 11.6 Å². The molecule has 1 aromatic rings. The van der Waals surface area contributed by atoms with Gasteiger partial charge in [0.1, 0.15) is 0 Å². The average Bonchev–Trinajstić information content (AvgIpc) is 2.37. The van der Waals surface area contributed by atoms with E-state index in [1.165, 1.54) is 5.56 Å². The zero-order valence-corrected chi connectivity index (χ0v) is 12.0. The summed E-state index contributed by atoms with van der Waals surface area (Å²) in [5.41, 5.74) is 2.25. The Hall–Kier alpha value is -1.55. The van der Waals surface area contributed by atoms with Crippen molar-refractivity contribution < 1.29 is 9.59 Å². The van der Waals surface area contributed by atoms with E-state index in [2.05, 4.69) is 24.5 Å². The topological polar surface area (TPSA) is 58.2 Å². The van der Waals surface area contributed by atoms with Gasteiger partial charge in [-0.3, -0.25) is 10.1 Å². The predicted octanol–water partition coefficient (Wildman–Crippen LogP) is 2.76. The Labute approximate surface area is 118 Å². The number of carbonyl (C=O) groups is 2. The number of urea groups is 1. The van der Waals surface area contributed by atoms with Crippen LogP contribution in [0, 0.1) is 0 Å². The van der Waals surface area contributed by atoms with Gasteiger partial charge in [0.05, 0.1) is 0 Å². The maximum absolute atomic E-state index is 11.4. The summed E-state index contributed by atoms with van der Waals surface area (Å²) in [6.45, 7) is 4.64. The van der Waals surface area contributed by atoms with Crippen LogP contribution >= 0.6 is 11.6 Å². The Kier molecular flexibility index (Phi) is 6.36. The molecule has 19 heavy (non-hydrogen) atoms. The zero-order valence-electron chi connectivity index (χ0n) is 11.2. The average molecular weight is 283 g/mol. The lowest BCUT2D eigenvalue weighted by Crippen LogP contribution is -2.39. The molecule has 104 valence electrons. The van der Waals surface area contributed by atoms with Gasteiger partial charge < -0.3 is 5.32 Å². The SMILES string of the molecule is CC(C)c1ccc(CNC(=O)NC(=O)CCCl)cc1. The molecule has 0 aliphatic carbocycles. The quantitative estimate of drug-likeness (QED) is 0.816. The molecule has 0 heterocycles. The minimum atomic E-state index is -0.497. The van der Waals surface area contributed by atoms with E-state index in [9.17, 15) is 9.59 Å². The maximum Gasteiger partial charge on any atom is 0.321 e. The molecule has 0 atom stereocenters. The molecule has 0 aliphatic heterocycles. The fraction of sp³-hybridized carbons (Fsp3) is 0.429. The number of alkyl halides is 1. The minimum Gasteiger partial charge on any atom is -0.334 e. The van der Waals surface area contributed by atoms with Crippen LogP contribution in [-0.4, -0.2) is 17.8 Å². The van der Waals surface area contributed by atoms with Crippen LogP contribution in [0.3, 0.4) is 0 Å². The third-order valence-corrected chi connectivity index (χ3v) is 2.86. The number of nitrogens with one attached hydrogen (secondary N) is 2. The van der Waals surface area contributed by atoms with Crippen LogP contribution in [0.1, 0.15) is 37.3 Å². The first kappa shape index (κ1) is 15.5. The number of amides is 3. The van der Waals surface area contributed by atoms with Crippen molar-refractivity contribution in [2.24, 2.45) is 0 Å². The second-order valence-corrected chi connectivity index (χ2v) is 4.94. The Bertz CT molecular complexity index is 430. The van der Waals surface area contributed by atoms with Crippen molar-refractivity contribution in [1.82, 2.24) is 10.6 Å². The summed E-state index contributed by atoms with van der Waals surface area (Å²) in [6.07, 6.45) is 0.137. The number of hydrogen-bond acceptors (Lipinski definition) is 2. The van der Waals surface area contributed by atoms with E-state index in [0.717, 1.165) is 5.56 Å². The normalized spacial score (nSPS) is 10.3. The molecule has 3 amide bonds. The van der Waals surface area contributed by atoms with Crippen molar-refractivity contribution in [1.29, 1.82) is 0 Å². The Morgan fingerprint density at radius 1 is 1.21 bits per heavy atom. The largest absolute Gasteiger partial charge is 0.334 e. The monoisotopic (exact) mass is 282 g/mol. The summed E-state index contributed by atoms with van der Waals surface area (Å²) in [4.78, 5) is 22.5. The van der Waals surface area contributed by atoms with Crippen LogP contribution < -0.4 is 10.6 Å². The number of rotatable bonds is 5. The molecule has 1 rings (SSSR count). The van der Waals surface area contributed by atoms with Crippen LogP contribution in [0.15, 0.2) is 24.3 Å². The molecule has 0 aromatic heterocycles. The molecule has 0 spiro atoms. The molecule has 0 aliphatic rings. The van der Waals surface area contributed by atoms with E-state index in [-0.39, 0.29) is 18.2 Å². The molecule has 1 aromatic carbocycles. The number of hydrogen-bond donors (Lipinski definition) is 2. The van der Waals surface area contributed by atoms with Crippen LogP contribution in [-0.2, 0) is 11.3 Å². The lowest BCUT2D eigenvalue weighted by molar-refractivity contribution is -0.119. The highest BCUT2D eigenvalue weighted by Gasteiger charge is 2.06. The number of carbonyl (C=O) groups excluding carboxylic acids is 2. The van der Waals surface area contributed by atoms with Gasteiger partial charge in [-0.05, 0) is 17.0 Å². The van der Waals surface area contributed by atoms with Crippen LogP contribution in [0.4, 0.5) is 4.79 Å². The van der Waals surface area contributed by atoms with Gasteiger partial charge in [-0.2, -0.15) is 0 Å². The first-order valence-electron chi connectivity index (χ1n) is 6.25. The van der Waals surface area contributed by atoms with E-state index in [1.54, 1.807) is 0 Å². The van der Waals surface area contributed by atoms with Gasteiger partial charge in [0.25, 0.3) is 0 Å². The van der Waals surface area contributed by atoms with Crippen molar-refractivity contribution >= 4 is 23.5 Å². The van der Waals surface area contributed by atoms with Crippen molar-refractivity contribution in [3.05, 3.63) is 35.4 Å². The Morgan fingerprint density at radius 3 is 2.37 bits per heavy atom. The number of imide groups is 1. The summed E-state index contributed by atoms with van der Waals surface area (Å²) in [7, 11) is 0. The van der Waals surface area contributed by atoms with Crippen LogP contribution in [0.2, 0.25) is 0 Å². The zero-order chi connectivity index (χ0) is 14.3. The molecule has 0 saturated heterocycles. The molecule has 0 radical (unpaired) electrons. The van der Waals surface area contributed by atoms with E-state index in [0.29, 0.717) is 12.5 Å². The van der Waals surface area contributed by atoms with Gasteiger partial charge >= 0.3 is 6.03 Å². The highest BCUT2D eigenvalue weighted by molar-refractivity contribution is 6.19. The summed E-state index contributed by atoms with van der Waals surface area (Å²) >= 11 is 5.40. The summed E-state index contributed by atoms with van der Waals surface area (Å²) in [6, 6.07) is 7.52. The molecule has 0 fully saturated rings. The fourth-order valence-corrected chi connectivity index (χ4v) is 1.69. The van der Waals surface area contributed by atoms with Crippen molar-refractivity contribution in [2.45, 2.75) is 32.7 Å². The maximum atomic E-state index is 11.4. The third-order valence-electron chi connectivity index (χ3n) is 2.67. The molecular formula is C14H19ClN2O2. The van der Waals surface area contributed by atoms with Gasteiger partial charge in [0, 0.05) is 18.8 Å². The van der Waals surface area contributed by atoms with Crippen LogP contribution in [0.5, 0.6) is 0 Å². The lowest BCUT2D eigenvalue weighted by atomic mass is 10.0. The molecule has 0 unspecified atom stereocenters. The first-order chi connectivity index (χ1) is 9.02. The van der Waals surface area contributed by atoms with Gasteiger partial charge in [-0.1, -0.05) is 38.1 Å². The first-order valence-corrected chi connectivity index (χ1v) is 6.79. The molecule has 5 heteroatoms. The molecule has 4 nitrogen and oxygen atoms in total. The van der Waals surface area contributed by atoms with Crippen molar-refractivity contribution in [3.8, 4) is 0 Å². The van der Waals surface area contributed by atoms with E-state index >= 15 is 0 Å². The van der Waals surface area contributed by atoms with Crippen LogP contribution in [0.25, 0.3) is 0 Å². The van der Waals surface area contributed by atoms with Crippen molar-refractivity contribution in [2.75, 3.05) is 5.88 Å². The summed E-state index contributed by atoms with van der Waals surface area (Å²) in [5, 5.41) is 4.83. The lowest BCUT2D eigenvalue weighted by Gasteiger charge is -2.08. The number of halogens is 1. The molecular weight excluding hydrogens is 264 g/mol. The molecule has 2 N–H and O–H groups in total. The minimum absolute atomic E-state index is 0.137. The van der Waals surface area contributed by atoms with Gasteiger partial charge in [-0.25, -0.2) is 4.79 Å². The Morgan fingerprint density at radius 2 is 1.84 bits per heavy atom. The smallest absolute Gasteiger partial charge is 0.321 e. The number of benzene rings is 1. The third kappa shape index (κ3) is 5.75. The highest BCUT2D eigenvalue weighted by atomic mass is 35.5. The van der Waals surface area contributed by atoms with Crippen molar-refractivity contribution in [3.63, 3.8) is 0 Å². The van der Waals surface area contributed by atoms with Gasteiger partial charge in [0.2, 0.25) is 5.91 Å².